The Bertz CT molecular complexity index is 2700. The Morgan fingerprint density at radius 1 is 0.395 bits per heavy atom. The summed E-state index contributed by atoms with van der Waals surface area (Å²) in [5.41, 5.74) is 6.03. The maximum absolute atomic E-state index is 9.02. The maximum atomic E-state index is 9.02. The van der Waals surface area contributed by atoms with Crippen LogP contribution < -0.4 is 0 Å². The van der Waals surface area contributed by atoms with Crippen molar-refractivity contribution in [2.75, 3.05) is 0 Å². The Morgan fingerprint density at radius 3 is 1.70 bits per heavy atom. The Kier molecular flexibility index (Phi) is 4.27. The maximum Gasteiger partial charge on any atom is 0.136 e. The number of fused-ring (bicyclic) bond motifs is 6. The normalized spacial score (nSPS) is 13.3. The molecule has 0 aliphatic heterocycles. The van der Waals surface area contributed by atoms with Crippen LogP contribution in [0, 0.1) is 0 Å². The lowest BCUT2D eigenvalue weighted by Gasteiger charge is -2.21. The van der Waals surface area contributed by atoms with E-state index in [4.69, 9.17) is 11.3 Å². The van der Waals surface area contributed by atoms with Gasteiger partial charge in [-0.1, -0.05) is 145 Å². The van der Waals surface area contributed by atoms with Gasteiger partial charge in [0.2, 0.25) is 0 Å². The molecule has 0 spiro atoms. The van der Waals surface area contributed by atoms with Crippen LogP contribution in [0.4, 0.5) is 0 Å². The van der Waals surface area contributed by atoms with Crippen LogP contribution in [0.1, 0.15) is 6.85 Å². The van der Waals surface area contributed by atoms with Gasteiger partial charge in [0.15, 0.2) is 0 Å². The quantitative estimate of drug-likeness (QED) is 0.199. The molecule has 0 N–H and O–H groups in total. The van der Waals surface area contributed by atoms with Crippen molar-refractivity contribution in [2.45, 2.75) is 0 Å². The predicted molar refractivity (Wildman–Crippen MR) is 183 cm³/mol. The molecular weight excluding hydrogens is 520 g/mol. The average molecular weight is 552 g/mol. The Balaban J connectivity index is 1.53. The number of para-hydroxylation sites is 1. The minimum Gasteiger partial charge on any atom is -0.456 e. The minimum atomic E-state index is -0.416. The van der Waals surface area contributed by atoms with Gasteiger partial charge in [-0.3, -0.25) is 0 Å². The fourth-order valence-electron chi connectivity index (χ4n) is 6.80. The van der Waals surface area contributed by atoms with Crippen molar-refractivity contribution >= 4 is 54.3 Å². The first-order valence-electron chi connectivity index (χ1n) is 16.9. The number of hydrogen-bond donors (Lipinski definition) is 0. The monoisotopic (exact) mass is 551 g/mol. The molecular formula is C42H26O. The minimum absolute atomic E-state index is 0.162. The summed E-state index contributed by atoms with van der Waals surface area (Å²) in [4.78, 5) is 0. The lowest BCUT2D eigenvalue weighted by Crippen LogP contribution is -1.94. The highest BCUT2D eigenvalue weighted by molar-refractivity contribution is 6.28. The van der Waals surface area contributed by atoms with Gasteiger partial charge < -0.3 is 4.42 Å². The van der Waals surface area contributed by atoms with Crippen molar-refractivity contribution in [3.8, 4) is 33.4 Å². The molecule has 0 saturated carbocycles. The van der Waals surface area contributed by atoms with E-state index in [1.54, 1.807) is 0 Å². The third kappa shape index (κ3) is 3.58. The van der Waals surface area contributed by atoms with Crippen LogP contribution in [0.15, 0.2) is 162 Å². The van der Waals surface area contributed by atoms with Gasteiger partial charge in [-0.25, -0.2) is 0 Å². The van der Waals surface area contributed by atoms with Crippen molar-refractivity contribution in [3.05, 3.63) is 158 Å². The average Bonchev–Trinajstić information content (AvgIpc) is 3.51. The molecule has 1 nitrogen and oxygen atoms in total. The Labute approximate surface area is 256 Å². The van der Waals surface area contributed by atoms with Crippen LogP contribution in [-0.2, 0) is 0 Å². The molecule has 9 aromatic rings. The number of benzene rings is 8. The van der Waals surface area contributed by atoms with E-state index in [9.17, 15) is 0 Å². The fraction of sp³-hybridized carbons (Fsp3) is 0. The summed E-state index contributed by atoms with van der Waals surface area (Å²) in [5.74, 6) is 0. The van der Waals surface area contributed by atoms with E-state index in [2.05, 4.69) is 78.9 Å². The highest BCUT2D eigenvalue weighted by Crippen LogP contribution is 2.50. The number of hydrogen-bond acceptors (Lipinski definition) is 1. The van der Waals surface area contributed by atoms with Crippen LogP contribution in [0.5, 0.6) is 0 Å². The molecule has 200 valence electrons. The summed E-state index contributed by atoms with van der Waals surface area (Å²) in [6, 6.07) is 41.5. The molecule has 1 aromatic heterocycles. The zero-order valence-electron chi connectivity index (χ0n) is 28.0. The van der Waals surface area contributed by atoms with Gasteiger partial charge in [-0.2, -0.15) is 0 Å². The van der Waals surface area contributed by atoms with E-state index in [0.29, 0.717) is 16.7 Å². The second-order valence-corrected chi connectivity index (χ2v) is 10.8. The van der Waals surface area contributed by atoms with Crippen LogP contribution in [0.2, 0.25) is 0 Å². The van der Waals surface area contributed by atoms with Crippen molar-refractivity contribution in [1.82, 2.24) is 0 Å². The highest BCUT2D eigenvalue weighted by atomic mass is 16.3. The van der Waals surface area contributed by atoms with Crippen molar-refractivity contribution in [3.63, 3.8) is 0 Å². The molecule has 43 heavy (non-hydrogen) atoms. The molecule has 0 bridgehead atoms. The topological polar surface area (TPSA) is 13.1 Å². The van der Waals surface area contributed by atoms with E-state index >= 15 is 0 Å². The van der Waals surface area contributed by atoms with E-state index in [1.807, 2.05) is 48.5 Å². The van der Waals surface area contributed by atoms with Gasteiger partial charge >= 0.3 is 0 Å². The first-order chi connectivity index (χ1) is 23.4. The lowest BCUT2D eigenvalue weighted by molar-refractivity contribution is 0.669. The third-order valence-corrected chi connectivity index (χ3v) is 8.55. The fourth-order valence-corrected chi connectivity index (χ4v) is 6.80. The summed E-state index contributed by atoms with van der Waals surface area (Å²) in [6.45, 7) is 0. The summed E-state index contributed by atoms with van der Waals surface area (Å²) in [5, 5.41) is 8.14. The largest absolute Gasteiger partial charge is 0.456 e. The SMILES string of the molecule is [2H]c1c([2H])c([2H])c(-c2ccc3oc4ccccc4c3c2-c2c3ccccc3c(-c3cccc4ccccc34)c3ccccc23)c([2H])c1[2H]. The summed E-state index contributed by atoms with van der Waals surface area (Å²) >= 11 is 0. The molecule has 0 radical (unpaired) electrons. The molecule has 9 rings (SSSR count). The first-order valence-corrected chi connectivity index (χ1v) is 14.4. The molecule has 8 aromatic carbocycles. The summed E-state index contributed by atoms with van der Waals surface area (Å²) in [7, 11) is 0. The summed E-state index contributed by atoms with van der Waals surface area (Å²) < 4.78 is 49.8. The Morgan fingerprint density at radius 2 is 0.977 bits per heavy atom. The van der Waals surface area contributed by atoms with E-state index in [1.165, 1.54) is 0 Å². The van der Waals surface area contributed by atoms with E-state index in [-0.39, 0.29) is 29.7 Å². The predicted octanol–water partition coefficient (Wildman–Crippen LogP) is 12.0. The van der Waals surface area contributed by atoms with Crippen LogP contribution in [0.25, 0.3) is 87.6 Å². The second kappa shape index (κ2) is 9.44. The standard InChI is InChI=1S/C42H26O/c1-2-13-28(14-3-1)30-25-26-38-41(36-22-10-11-24-37(36)43-38)42(30)40-34-20-8-6-18-32(34)39(33-19-7-9-21-35(33)40)31-23-12-16-27-15-4-5-17-29(27)31/h1-26H/i1D,2D,3D,13D,14D. The molecule has 0 fully saturated rings. The van der Waals surface area contributed by atoms with Gasteiger partial charge in [0.05, 0.1) is 6.85 Å². The molecule has 0 saturated heterocycles. The van der Waals surface area contributed by atoms with Gasteiger partial charge in [0, 0.05) is 16.3 Å². The molecule has 0 amide bonds. The van der Waals surface area contributed by atoms with Crippen molar-refractivity contribution in [2.24, 2.45) is 0 Å². The van der Waals surface area contributed by atoms with Gasteiger partial charge in [-0.15, -0.1) is 0 Å². The van der Waals surface area contributed by atoms with Gasteiger partial charge in [0.1, 0.15) is 11.2 Å². The molecule has 0 atom stereocenters. The van der Waals surface area contributed by atoms with Crippen LogP contribution in [0.3, 0.4) is 0 Å². The zero-order chi connectivity index (χ0) is 32.7. The molecule has 0 aliphatic carbocycles. The molecule has 1 heterocycles. The summed E-state index contributed by atoms with van der Waals surface area (Å²) in [6.07, 6.45) is 0. The third-order valence-electron chi connectivity index (χ3n) is 8.55. The first kappa shape index (κ1) is 19.5. The molecule has 1 heteroatoms. The number of furan rings is 1. The zero-order valence-corrected chi connectivity index (χ0v) is 23.0. The van der Waals surface area contributed by atoms with Gasteiger partial charge in [-0.05, 0) is 72.3 Å². The van der Waals surface area contributed by atoms with Crippen LogP contribution >= 0.6 is 0 Å². The highest BCUT2D eigenvalue weighted by Gasteiger charge is 2.23. The lowest BCUT2D eigenvalue weighted by atomic mass is 9.81. The van der Waals surface area contributed by atoms with Crippen LogP contribution in [-0.4, -0.2) is 0 Å². The van der Waals surface area contributed by atoms with E-state index in [0.717, 1.165) is 65.3 Å². The molecule has 0 unspecified atom stereocenters. The smallest absolute Gasteiger partial charge is 0.136 e. The van der Waals surface area contributed by atoms with Crippen molar-refractivity contribution < 1.29 is 11.3 Å². The molecule has 0 aliphatic rings. The van der Waals surface area contributed by atoms with Gasteiger partial charge in [0.25, 0.3) is 0 Å². The van der Waals surface area contributed by atoms with E-state index < -0.39 is 6.04 Å². The second-order valence-electron chi connectivity index (χ2n) is 10.8. The van der Waals surface area contributed by atoms with Crippen molar-refractivity contribution in [1.29, 1.82) is 0 Å². The Hall–Kier alpha value is -5.66. The number of rotatable bonds is 3.